The summed E-state index contributed by atoms with van der Waals surface area (Å²) in [5.74, 6) is 1.67. The predicted molar refractivity (Wildman–Crippen MR) is 128 cm³/mol. The highest BCUT2D eigenvalue weighted by atomic mass is 32.2. The molecule has 0 fully saturated rings. The number of nitrogens with one attached hydrogen (secondary N) is 1. The number of hydrogen-bond donors (Lipinski definition) is 1. The average molecular weight is 468 g/mol. The summed E-state index contributed by atoms with van der Waals surface area (Å²) in [5, 5.41) is 13.3. The smallest absolute Gasteiger partial charge is 0.287 e. The molecule has 0 radical (unpaired) electrons. The van der Waals surface area contributed by atoms with Crippen molar-refractivity contribution in [1.29, 1.82) is 0 Å². The zero-order valence-corrected chi connectivity index (χ0v) is 20.0. The Hall–Kier alpha value is -2.84. The molecule has 0 aliphatic rings. The van der Waals surface area contributed by atoms with Crippen LogP contribution < -0.4 is 10.1 Å². The first-order chi connectivity index (χ1) is 15.5. The second-order valence-corrected chi connectivity index (χ2v) is 10.2. The summed E-state index contributed by atoms with van der Waals surface area (Å²) in [4.78, 5) is 13.4. The van der Waals surface area contributed by atoms with E-state index in [1.807, 2.05) is 55.5 Å². The van der Waals surface area contributed by atoms with E-state index in [0.717, 1.165) is 31.6 Å². The van der Waals surface area contributed by atoms with Crippen molar-refractivity contribution in [2.75, 3.05) is 7.11 Å². The van der Waals surface area contributed by atoms with E-state index in [2.05, 4.69) is 29.4 Å². The maximum atomic E-state index is 13.4. The molecule has 2 aromatic carbocycles. The first kappa shape index (κ1) is 22.4. The summed E-state index contributed by atoms with van der Waals surface area (Å²) in [6.07, 6.45) is 0. The van der Waals surface area contributed by atoms with Crippen molar-refractivity contribution in [3.05, 3.63) is 70.4 Å². The topological polar surface area (TPSA) is 77.2 Å². The summed E-state index contributed by atoms with van der Waals surface area (Å²) >= 11 is 3.11. The fraction of sp³-hybridized carbons (Fsp3) is 0.292. The van der Waals surface area contributed by atoms with E-state index in [-0.39, 0.29) is 17.9 Å². The summed E-state index contributed by atoms with van der Waals surface area (Å²) in [5.41, 5.74) is 2.59. The molecule has 1 amide bonds. The van der Waals surface area contributed by atoms with Gasteiger partial charge < -0.3 is 14.5 Å². The lowest BCUT2D eigenvalue weighted by Crippen LogP contribution is -2.32. The molecule has 166 valence electrons. The Bertz CT molecular complexity index is 1210. The van der Waals surface area contributed by atoms with Crippen molar-refractivity contribution in [2.24, 2.45) is 5.92 Å². The highest BCUT2D eigenvalue weighted by Crippen LogP contribution is 2.34. The number of carbonyl (C=O) groups is 1. The summed E-state index contributed by atoms with van der Waals surface area (Å²) in [6.45, 7) is 6.10. The molecule has 1 atom stereocenters. The van der Waals surface area contributed by atoms with Gasteiger partial charge in [-0.25, -0.2) is 0 Å². The van der Waals surface area contributed by atoms with Crippen LogP contribution in [-0.2, 0) is 5.75 Å². The van der Waals surface area contributed by atoms with Crippen LogP contribution in [0.2, 0.25) is 0 Å². The normalized spacial score (nSPS) is 12.3. The molecule has 0 aliphatic carbocycles. The van der Waals surface area contributed by atoms with E-state index >= 15 is 0 Å². The van der Waals surface area contributed by atoms with E-state index < -0.39 is 0 Å². The molecule has 4 rings (SSSR count). The van der Waals surface area contributed by atoms with E-state index in [1.165, 1.54) is 0 Å². The maximum Gasteiger partial charge on any atom is 0.287 e. The Morgan fingerprint density at radius 3 is 2.56 bits per heavy atom. The standard InChI is InChI=1S/C24H25N3O3S2/c1-14(2)21(16-9-11-17(29-4)12-10-16)25-23(28)22-19(13-31-24-27-26-15(3)32-24)18-7-5-6-8-20(18)30-22/h5-12,14,21H,13H2,1-4H3,(H,25,28). The molecule has 2 heterocycles. The Kier molecular flexibility index (Phi) is 6.81. The van der Waals surface area contributed by atoms with Crippen molar-refractivity contribution in [3.8, 4) is 5.75 Å². The van der Waals surface area contributed by atoms with Crippen LogP contribution in [0.4, 0.5) is 0 Å². The van der Waals surface area contributed by atoms with Crippen molar-refractivity contribution >= 4 is 40.0 Å². The fourth-order valence-electron chi connectivity index (χ4n) is 3.55. The lowest BCUT2D eigenvalue weighted by molar-refractivity contribution is 0.0898. The molecule has 0 saturated heterocycles. The highest BCUT2D eigenvalue weighted by Gasteiger charge is 2.25. The number of carbonyl (C=O) groups excluding carboxylic acids is 1. The van der Waals surface area contributed by atoms with Crippen molar-refractivity contribution in [1.82, 2.24) is 15.5 Å². The first-order valence-electron chi connectivity index (χ1n) is 10.3. The molecule has 32 heavy (non-hydrogen) atoms. The Balaban J connectivity index is 1.62. The van der Waals surface area contributed by atoms with Crippen LogP contribution in [0.1, 0.15) is 46.6 Å². The number of rotatable bonds is 8. The molecule has 1 N–H and O–H groups in total. The second kappa shape index (κ2) is 9.75. The highest BCUT2D eigenvalue weighted by molar-refractivity contribution is 8.00. The number of amides is 1. The van der Waals surface area contributed by atoms with Gasteiger partial charge in [-0.15, -0.1) is 10.2 Å². The number of ether oxygens (including phenoxy) is 1. The Morgan fingerprint density at radius 2 is 1.91 bits per heavy atom. The number of furan rings is 1. The minimum absolute atomic E-state index is 0.159. The monoisotopic (exact) mass is 467 g/mol. The lowest BCUT2D eigenvalue weighted by Gasteiger charge is -2.23. The number of hydrogen-bond acceptors (Lipinski definition) is 7. The van der Waals surface area contributed by atoms with E-state index in [9.17, 15) is 4.79 Å². The first-order valence-corrected chi connectivity index (χ1v) is 12.1. The number of para-hydroxylation sites is 1. The molecule has 2 aromatic heterocycles. The largest absolute Gasteiger partial charge is 0.497 e. The van der Waals surface area contributed by atoms with Crippen molar-refractivity contribution in [2.45, 2.75) is 36.9 Å². The molecular formula is C24H25N3O3S2. The van der Waals surface area contributed by atoms with Gasteiger partial charge >= 0.3 is 0 Å². The van der Waals surface area contributed by atoms with Gasteiger partial charge in [0.15, 0.2) is 10.1 Å². The van der Waals surface area contributed by atoms with Crippen LogP contribution >= 0.6 is 23.1 Å². The third kappa shape index (κ3) is 4.81. The second-order valence-electron chi connectivity index (χ2n) is 7.75. The van der Waals surface area contributed by atoms with Crippen LogP contribution in [0, 0.1) is 12.8 Å². The molecule has 4 aromatic rings. The fourth-order valence-corrected chi connectivity index (χ4v) is 5.39. The summed E-state index contributed by atoms with van der Waals surface area (Å²) in [7, 11) is 1.64. The number of nitrogens with zero attached hydrogens (tertiary/aromatic N) is 2. The minimum atomic E-state index is -0.222. The van der Waals surface area contributed by atoms with Crippen LogP contribution in [-0.4, -0.2) is 23.2 Å². The molecular weight excluding hydrogens is 442 g/mol. The van der Waals surface area contributed by atoms with E-state index in [0.29, 0.717) is 17.1 Å². The molecule has 0 saturated carbocycles. The van der Waals surface area contributed by atoms with Gasteiger partial charge in [0, 0.05) is 16.7 Å². The van der Waals surface area contributed by atoms with Gasteiger partial charge in [-0.05, 0) is 36.6 Å². The number of aromatic nitrogens is 2. The van der Waals surface area contributed by atoms with Gasteiger partial charge in [-0.1, -0.05) is 67.3 Å². The molecule has 0 aliphatic heterocycles. The third-order valence-corrected chi connectivity index (χ3v) is 7.18. The zero-order chi connectivity index (χ0) is 22.7. The molecule has 0 spiro atoms. The van der Waals surface area contributed by atoms with Crippen LogP contribution in [0.25, 0.3) is 11.0 Å². The van der Waals surface area contributed by atoms with Crippen LogP contribution in [0.3, 0.4) is 0 Å². The quantitative estimate of drug-likeness (QED) is 0.319. The third-order valence-electron chi connectivity index (χ3n) is 5.18. The number of benzene rings is 2. The van der Waals surface area contributed by atoms with Gasteiger partial charge in [-0.3, -0.25) is 4.79 Å². The number of aryl methyl sites for hydroxylation is 1. The zero-order valence-electron chi connectivity index (χ0n) is 18.4. The summed E-state index contributed by atoms with van der Waals surface area (Å²) < 4.78 is 12.2. The van der Waals surface area contributed by atoms with Gasteiger partial charge in [0.25, 0.3) is 5.91 Å². The minimum Gasteiger partial charge on any atom is -0.497 e. The van der Waals surface area contributed by atoms with Gasteiger partial charge in [-0.2, -0.15) is 0 Å². The number of fused-ring (bicyclic) bond motifs is 1. The SMILES string of the molecule is COc1ccc(C(NC(=O)c2oc3ccccc3c2CSc2nnc(C)s2)C(C)C)cc1. The van der Waals surface area contributed by atoms with Gasteiger partial charge in [0.05, 0.1) is 13.2 Å². The predicted octanol–water partition coefficient (Wildman–Crippen LogP) is 6.02. The van der Waals surface area contributed by atoms with Crippen molar-refractivity contribution < 1.29 is 13.9 Å². The van der Waals surface area contributed by atoms with Crippen molar-refractivity contribution in [3.63, 3.8) is 0 Å². The average Bonchev–Trinajstić information content (AvgIpc) is 3.39. The van der Waals surface area contributed by atoms with E-state index in [1.54, 1.807) is 30.2 Å². The van der Waals surface area contributed by atoms with Crippen LogP contribution in [0.5, 0.6) is 5.75 Å². The van der Waals surface area contributed by atoms with Gasteiger partial charge in [0.2, 0.25) is 0 Å². The molecule has 1 unspecified atom stereocenters. The van der Waals surface area contributed by atoms with Gasteiger partial charge in [0.1, 0.15) is 16.3 Å². The Morgan fingerprint density at radius 1 is 1.16 bits per heavy atom. The molecule has 6 nitrogen and oxygen atoms in total. The van der Waals surface area contributed by atoms with Crippen LogP contribution in [0.15, 0.2) is 57.3 Å². The Labute approximate surface area is 195 Å². The molecule has 0 bridgehead atoms. The van der Waals surface area contributed by atoms with E-state index in [4.69, 9.17) is 9.15 Å². The number of thioether (sulfide) groups is 1. The maximum absolute atomic E-state index is 13.4. The molecule has 8 heteroatoms. The summed E-state index contributed by atoms with van der Waals surface area (Å²) in [6, 6.07) is 15.4. The number of methoxy groups -OCH3 is 1. The lowest BCUT2D eigenvalue weighted by atomic mass is 9.95.